The van der Waals surface area contributed by atoms with Crippen LogP contribution in [0, 0.1) is 0 Å². The molecule has 0 radical (unpaired) electrons. The molecule has 33 heavy (non-hydrogen) atoms. The van der Waals surface area contributed by atoms with Crippen LogP contribution in [0.3, 0.4) is 0 Å². The number of carbonyl (C=O) groups excluding carboxylic acids is 1. The molecule has 0 unspecified atom stereocenters. The summed E-state index contributed by atoms with van der Waals surface area (Å²) < 4.78 is 13.2. The number of anilines is 1. The highest BCUT2D eigenvalue weighted by Gasteiger charge is 2.22. The fourth-order valence-corrected chi connectivity index (χ4v) is 3.82. The van der Waals surface area contributed by atoms with Crippen LogP contribution in [0.1, 0.15) is 31.7 Å². The number of carboxylic acids is 1. The minimum absolute atomic E-state index is 0.192. The molecule has 9 nitrogen and oxygen atoms in total. The molecule has 0 fully saturated rings. The third-order valence-corrected chi connectivity index (χ3v) is 5.23. The number of rotatable bonds is 6. The maximum absolute atomic E-state index is 13.0. The van der Waals surface area contributed by atoms with E-state index in [1.54, 1.807) is 4.57 Å². The smallest absolute Gasteiger partial charge is 0.394 e. The number of aliphatic carboxylic acids is 1. The Labute approximate surface area is 189 Å². The first kappa shape index (κ1) is 22.1. The van der Waals surface area contributed by atoms with Crippen molar-refractivity contribution in [1.82, 2.24) is 9.55 Å². The molecular formula is C24H23N3O6. The van der Waals surface area contributed by atoms with Crippen molar-refractivity contribution in [2.24, 2.45) is 0 Å². The highest BCUT2D eigenvalue weighted by Crippen LogP contribution is 2.36. The molecule has 1 aromatic heterocycles. The summed E-state index contributed by atoms with van der Waals surface area (Å²) >= 11 is 0. The number of para-hydroxylation sites is 1. The number of carboxylic acid groups (broad SMARTS) is 1. The first-order valence-electron chi connectivity index (χ1n) is 10.6. The van der Waals surface area contributed by atoms with Crippen LogP contribution >= 0.6 is 0 Å². The summed E-state index contributed by atoms with van der Waals surface area (Å²) in [5.74, 6) is -0.949. The minimum atomic E-state index is -1.60. The van der Waals surface area contributed by atoms with Gasteiger partial charge in [-0.25, -0.2) is 9.78 Å². The van der Waals surface area contributed by atoms with Crippen molar-refractivity contribution in [2.75, 3.05) is 18.5 Å². The summed E-state index contributed by atoms with van der Waals surface area (Å²) in [6.07, 6.45) is 2.56. The Kier molecular flexibility index (Phi) is 6.12. The van der Waals surface area contributed by atoms with Gasteiger partial charge in [-0.1, -0.05) is 12.1 Å². The zero-order chi connectivity index (χ0) is 23.5. The van der Waals surface area contributed by atoms with E-state index in [4.69, 9.17) is 14.6 Å². The molecule has 0 aliphatic carbocycles. The number of allylic oxidation sites excluding steroid dienone is 1. The number of ether oxygens (including phenoxy) is 2. The van der Waals surface area contributed by atoms with Gasteiger partial charge in [-0.3, -0.25) is 14.2 Å². The van der Waals surface area contributed by atoms with Gasteiger partial charge in [0, 0.05) is 17.8 Å². The second-order valence-corrected chi connectivity index (χ2v) is 7.34. The van der Waals surface area contributed by atoms with Crippen molar-refractivity contribution in [3.63, 3.8) is 0 Å². The van der Waals surface area contributed by atoms with E-state index in [-0.39, 0.29) is 11.2 Å². The van der Waals surface area contributed by atoms with Crippen LogP contribution < -0.4 is 20.3 Å². The number of nitrogens with zero attached hydrogens (tertiary/aromatic N) is 2. The van der Waals surface area contributed by atoms with Gasteiger partial charge in [0.05, 0.1) is 24.1 Å². The van der Waals surface area contributed by atoms with Crippen molar-refractivity contribution in [3.05, 3.63) is 58.1 Å². The Bertz CT molecular complexity index is 1340. The second kappa shape index (κ2) is 9.15. The molecule has 9 heteroatoms. The molecule has 2 aromatic carbocycles. The number of hydrogen-bond donors (Lipinski definition) is 2. The van der Waals surface area contributed by atoms with Crippen molar-refractivity contribution in [3.8, 4) is 11.5 Å². The maximum atomic E-state index is 13.0. The van der Waals surface area contributed by atoms with E-state index in [0.29, 0.717) is 54.4 Å². The number of carbonyl (C=O) groups is 2. The summed E-state index contributed by atoms with van der Waals surface area (Å²) in [5.41, 5.74) is 2.11. The van der Waals surface area contributed by atoms with Gasteiger partial charge in [-0.05, 0) is 56.2 Å². The summed E-state index contributed by atoms with van der Waals surface area (Å²) in [4.78, 5) is 40.0. The summed E-state index contributed by atoms with van der Waals surface area (Å²) in [6, 6.07) is 10.2. The number of amides is 1. The molecule has 170 valence electrons. The number of aromatic nitrogens is 2. The zero-order valence-electron chi connectivity index (χ0n) is 18.3. The van der Waals surface area contributed by atoms with Crippen molar-refractivity contribution in [2.45, 2.75) is 26.8 Å². The van der Waals surface area contributed by atoms with E-state index in [1.807, 2.05) is 38.1 Å². The Hall–Kier alpha value is -4.14. The predicted molar refractivity (Wildman–Crippen MR) is 124 cm³/mol. The largest absolute Gasteiger partial charge is 0.490 e. The maximum Gasteiger partial charge on any atom is 0.394 e. The summed E-state index contributed by atoms with van der Waals surface area (Å²) in [6.45, 7) is 5.29. The lowest BCUT2D eigenvalue weighted by Crippen LogP contribution is -2.23. The molecule has 1 amide bonds. The van der Waals surface area contributed by atoms with Gasteiger partial charge in [0.25, 0.3) is 5.56 Å². The molecule has 0 atom stereocenters. The van der Waals surface area contributed by atoms with Crippen LogP contribution in [0.2, 0.25) is 0 Å². The summed E-state index contributed by atoms with van der Waals surface area (Å²) in [7, 11) is 0. The molecule has 2 heterocycles. The van der Waals surface area contributed by atoms with E-state index in [9.17, 15) is 14.4 Å². The SMILES string of the molecule is CCOc1cccc(/C=C2/CCn3c2nc2cc(NC(=O)C(=O)O)ccc2c3=O)c1OCC. The van der Waals surface area contributed by atoms with Crippen LogP contribution in [0.25, 0.3) is 22.6 Å². The first-order chi connectivity index (χ1) is 15.9. The topological polar surface area (TPSA) is 120 Å². The Morgan fingerprint density at radius 2 is 1.97 bits per heavy atom. The molecule has 0 bridgehead atoms. The molecular weight excluding hydrogens is 426 g/mol. The minimum Gasteiger partial charge on any atom is -0.490 e. The van der Waals surface area contributed by atoms with E-state index >= 15 is 0 Å². The van der Waals surface area contributed by atoms with Gasteiger partial charge in [0.1, 0.15) is 5.82 Å². The van der Waals surface area contributed by atoms with E-state index in [2.05, 4.69) is 10.3 Å². The fraction of sp³-hybridized carbons (Fsp3) is 0.250. The van der Waals surface area contributed by atoms with Gasteiger partial charge in [-0.15, -0.1) is 0 Å². The number of fused-ring (bicyclic) bond motifs is 2. The molecule has 4 rings (SSSR count). The second-order valence-electron chi connectivity index (χ2n) is 7.34. The van der Waals surface area contributed by atoms with Gasteiger partial charge in [-0.2, -0.15) is 0 Å². The monoisotopic (exact) mass is 449 g/mol. The van der Waals surface area contributed by atoms with Gasteiger partial charge >= 0.3 is 11.9 Å². The van der Waals surface area contributed by atoms with Crippen LogP contribution in [-0.2, 0) is 16.1 Å². The number of benzene rings is 2. The van der Waals surface area contributed by atoms with E-state index in [0.717, 1.165) is 11.1 Å². The van der Waals surface area contributed by atoms with Crippen LogP contribution in [-0.4, -0.2) is 39.7 Å². The predicted octanol–water partition coefficient (Wildman–Crippen LogP) is 3.16. The molecule has 0 saturated heterocycles. The Balaban J connectivity index is 1.79. The molecule has 3 aromatic rings. The third kappa shape index (κ3) is 4.30. The average molecular weight is 449 g/mol. The number of hydrogen-bond acceptors (Lipinski definition) is 6. The lowest BCUT2D eigenvalue weighted by molar-refractivity contribution is -0.147. The highest BCUT2D eigenvalue weighted by molar-refractivity contribution is 6.36. The zero-order valence-corrected chi connectivity index (χ0v) is 18.3. The van der Waals surface area contributed by atoms with Crippen molar-refractivity contribution >= 4 is 40.1 Å². The number of nitrogens with one attached hydrogen (secondary N) is 1. The van der Waals surface area contributed by atoms with Crippen LogP contribution in [0.4, 0.5) is 5.69 Å². The highest BCUT2D eigenvalue weighted by atomic mass is 16.5. The fourth-order valence-electron chi connectivity index (χ4n) is 3.82. The lowest BCUT2D eigenvalue weighted by atomic mass is 10.1. The third-order valence-electron chi connectivity index (χ3n) is 5.23. The van der Waals surface area contributed by atoms with Gasteiger partial charge in [0.15, 0.2) is 11.5 Å². The summed E-state index contributed by atoms with van der Waals surface area (Å²) in [5, 5.41) is 11.5. The van der Waals surface area contributed by atoms with Crippen LogP contribution in [0.15, 0.2) is 41.2 Å². The Morgan fingerprint density at radius 3 is 2.70 bits per heavy atom. The normalized spacial score (nSPS) is 13.7. The quantitative estimate of drug-likeness (QED) is 0.555. The standard InChI is InChI=1S/C24H23N3O6/c1-3-32-19-7-5-6-14(20(19)33-4-2)12-15-10-11-27-21(15)26-18-13-16(25-22(28)24(30)31)8-9-17(18)23(27)29/h5-9,12-13H,3-4,10-11H2,1-2H3,(H,25,28)(H,30,31)/b15-12-. The van der Waals surface area contributed by atoms with E-state index in [1.165, 1.54) is 18.2 Å². The molecule has 1 aliphatic rings. The van der Waals surface area contributed by atoms with Gasteiger partial charge < -0.3 is 19.9 Å². The lowest BCUT2D eigenvalue weighted by Gasteiger charge is -2.14. The van der Waals surface area contributed by atoms with Crippen LogP contribution in [0.5, 0.6) is 11.5 Å². The van der Waals surface area contributed by atoms with Crippen molar-refractivity contribution < 1.29 is 24.2 Å². The van der Waals surface area contributed by atoms with E-state index < -0.39 is 11.9 Å². The van der Waals surface area contributed by atoms with Crippen molar-refractivity contribution in [1.29, 1.82) is 0 Å². The molecule has 1 aliphatic heterocycles. The molecule has 0 saturated carbocycles. The van der Waals surface area contributed by atoms with Gasteiger partial charge in [0.2, 0.25) is 0 Å². The average Bonchev–Trinajstić information content (AvgIpc) is 3.18. The molecule has 2 N–H and O–H groups in total. The Morgan fingerprint density at radius 1 is 1.18 bits per heavy atom. The first-order valence-corrected chi connectivity index (χ1v) is 10.6. The molecule has 0 spiro atoms.